The second-order valence-corrected chi connectivity index (χ2v) is 5.44. The van der Waals surface area contributed by atoms with Crippen LogP contribution in [-0.4, -0.2) is 32.4 Å². The van der Waals surface area contributed by atoms with E-state index < -0.39 is 0 Å². The molecule has 0 saturated carbocycles. The van der Waals surface area contributed by atoms with Crippen LogP contribution in [0.3, 0.4) is 0 Å². The molecule has 2 aromatic heterocycles. The first-order chi connectivity index (χ1) is 8.61. The number of nitrogens with zero attached hydrogens (tertiary/aromatic N) is 4. The summed E-state index contributed by atoms with van der Waals surface area (Å²) in [4.78, 5) is 9.03. The molecule has 0 radical (unpaired) electrons. The summed E-state index contributed by atoms with van der Waals surface area (Å²) in [6, 6.07) is 0. The molecule has 2 rings (SSSR count). The molecule has 0 aromatic carbocycles. The largest absolute Gasteiger partial charge is 0.372 e. The van der Waals surface area contributed by atoms with E-state index in [1.165, 1.54) is 0 Å². The SMILES string of the molecule is CNc1nc(-c2cn[nH]n2)nc(CC(C)C)c1I. The molecule has 2 N–H and O–H groups in total. The predicted octanol–water partition coefficient (Wildman–Crippen LogP) is 2.11. The van der Waals surface area contributed by atoms with Crippen molar-refractivity contribution in [2.24, 2.45) is 5.92 Å². The standard InChI is InChI=1S/C11H15IN6/c1-6(2)4-7-9(12)11(13-3)16-10(15-7)8-5-14-18-17-8/h5-6H,4H2,1-3H3,(H,13,15,16)(H,14,17,18). The fourth-order valence-electron chi connectivity index (χ4n) is 1.61. The molecule has 18 heavy (non-hydrogen) atoms. The summed E-state index contributed by atoms with van der Waals surface area (Å²) in [6.07, 6.45) is 2.54. The van der Waals surface area contributed by atoms with E-state index >= 15 is 0 Å². The molecule has 0 saturated heterocycles. The van der Waals surface area contributed by atoms with Crippen LogP contribution in [-0.2, 0) is 6.42 Å². The molecule has 0 unspecified atom stereocenters. The van der Waals surface area contributed by atoms with Gasteiger partial charge in [0.1, 0.15) is 11.5 Å². The van der Waals surface area contributed by atoms with Crippen molar-refractivity contribution in [3.63, 3.8) is 0 Å². The van der Waals surface area contributed by atoms with Gasteiger partial charge in [-0.1, -0.05) is 13.8 Å². The number of H-pyrrole nitrogens is 1. The highest BCUT2D eigenvalue weighted by Crippen LogP contribution is 2.24. The quantitative estimate of drug-likeness (QED) is 0.819. The van der Waals surface area contributed by atoms with Crippen LogP contribution in [0.5, 0.6) is 0 Å². The van der Waals surface area contributed by atoms with E-state index in [2.05, 4.69) is 67.1 Å². The topological polar surface area (TPSA) is 79.4 Å². The summed E-state index contributed by atoms with van der Waals surface area (Å²) < 4.78 is 1.07. The van der Waals surface area contributed by atoms with E-state index in [4.69, 9.17) is 0 Å². The third-order valence-corrected chi connectivity index (χ3v) is 3.54. The molecule has 0 aliphatic rings. The van der Waals surface area contributed by atoms with Gasteiger partial charge in [-0.15, -0.1) is 0 Å². The maximum absolute atomic E-state index is 4.58. The maximum atomic E-state index is 4.58. The molecular formula is C11H15IN6. The summed E-state index contributed by atoms with van der Waals surface area (Å²) in [6.45, 7) is 4.35. The third kappa shape index (κ3) is 2.77. The van der Waals surface area contributed by atoms with Gasteiger partial charge < -0.3 is 5.32 Å². The Morgan fingerprint density at radius 2 is 2.17 bits per heavy atom. The number of anilines is 1. The van der Waals surface area contributed by atoms with Crippen molar-refractivity contribution >= 4 is 28.4 Å². The van der Waals surface area contributed by atoms with E-state index in [0.717, 1.165) is 21.5 Å². The molecule has 2 aromatic rings. The lowest BCUT2D eigenvalue weighted by molar-refractivity contribution is 0.632. The van der Waals surface area contributed by atoms with Crippen molar-refractivity contribution in [3.8, 4) is 11.5 Å². The van der Waals surface area contributed by atoms with Gasteiger partial charge in [-0.3, -0.25) is 0 Å². The van der Waals surface area contributed by atoms with Crippen molar-refractivity contribution in [3.05, 3.63) is 15.5 Å². The summed E-state index contributed by atoms with van der Waals surface area (Å²) in [7, 11) is 1.86. The smallest absolute Gasteiger partial charge is 0.184 e. The first kappa shape index (κ1) is 13.2. The Balaban J connectivity index is 2.49. The molecule has 0 atom stereocenters. The summed E-state index contributed by atoms with van der Waals surface area (Å²) in [5.74, 6) is 1.98. The van der Waals surface area contributed by atoms with Gasteiger partial charge in [0.05, 0.1) is 15.5 Å². The summed E-state index contributed by atoms with van der Waals surface area (Å²) in [5, 5.41) is 13.5. The minimum Gasteiger partial charge on any atom is -0.372 e. The van der Waals surface area contributed by atoms with Crippen LogP contribution < -0.4 is 5.32 Å². The normalized spacial score (nSPS) is 10.9. The van der Waals surface area contributed by atoms with Gasteiger partial charge in [-0.2, -0.15) is 15.4 Å². The van der Waals surface area contributed by atoms with Crippen LogP contribution in [0.4, 0.5) is 5.82 Å². The molecule has 0 bridgehead atoms. The molecule has 96 valence electrons. The molecule has 7 heteroatoms. The number of nitrogens with one attached hydrogen (secondary N) is 2. The van der Waals surface area contributed by atoms with Crippen LogP contribution in [0.2, 0.25) is 0 Å². The van der Waals surface area contributed by atoms with Crippen molar-refractivity contribution in [1.82, 2.24) is 25.4 Å². The van der Waals surface area contributed by atoms with Crippen LogP contribution in [0.25, 0.3) is 11.5 Å². The molecule has 0 spiro atoms. The number of hydrogen-bond donors (Lipinski definition) is 2. The summed E-state index contributed by atoms with van der Waals surface area (Å²) in [5.41, 5.74) is 1.70. The van der Waals surface area contributed by atoms with Gasteiger partial charge in [0.2, 0.25) is 0 Å². The van der Waals surface area contributed by atoms with Crippen LogP contribution >= 0.6 is 22.6 Å². The Morgan fingerprint density at radius 3 is 2.72 bits per heavy atom. The van der Waals surface area contributed by atoms with E-state index in [1.54, 1.807) is 6.20 Å². The number of aromatic amines is 1. The minimum absolute atomic E-state index is 0.545. The fourth-order valence-corrected chi connectivity index (χ4v) is 2.34. The van der Waals surface area contributed by atoms with Gasteiger partial charge >= 0.3 is 0 Å². The average Bonchev–Trinajstić information content (AvgIpc) is 2.84. The van der Waals surface area contributed by atoms with E-state index in [9.17, 15) is 0 Å². The molecule has 0 aliphatic heterocycles. The van der Waals surface area contributed by atoms with Gasteiger partial charge in [-0.25, -0.2) is 9.97 Å². The van der Waals surface area contributed by atoms with Gasteiger partial charge in [-0.05, 0) is 34.9 Å². The number of aromatic nitrogens is 5. The van der Waals surface area contributed by atoms with Crippen molar-refractivity contribution in [2.45, 2.75) is 20.3 Å². The number of halogens is 1. The van der Waals surface area contributed by atoms with Crippen molar-refractivity contribution in [1.29, 1.82) is 0 Å². The molecule has 0 aliphatic carbocycles. The first-order valence-corrected chi connectivity index (χ1v) is 6.80. The van der Waals surface area contributed by atoms with Gasteiger partial charge in [0, 0.05) is 7.05 Å². The number of hydrogen-bond acceptors (Lipinski definition) is 5. The second kappa shape index (κ2) is 5.59. The van der Waals surface area contributed by atoms with E-state index in [1.807, 2.05) is 7.05 Å². The lowest BCUT2D eigenvalue weighted by Gasteiger charge is -2.11. The van der Waals surface area contributed by atoms with Crippen molar-refractivity contribution < 1.29 is 0 Å². The van der Waals surface area contributed by atoms with Crippen LogP contribution in [0.15, 0.2) is 6.20 Å². The Morgan fingerprint density at radius 1 is 1.39 bits per heavy atom. The zero-order chi connectivity index (χ0) is 13.1. The molecule has 2 heterocycles. The average molecular weight is 358 g/mol. The van der Waals surface area contributed by atoms with E-state index in [-0.39, 0.29) is 0 Å². The van der Waals surface area contributed by atoms with E-state index in [0.29, 0.717) is 17.4 Å². The lowest BCUT2D eigenvalue weighted by Crippen LogP contribution is -2.08. The highest BCUT2D eigenvalue weighted by atomic mass is 127. The monoisotopic (exact) mass is 358 g/mol. The molecule has 6 nitrogen and oxygen atoms in total. The highest BCUT2D eigenvalue weighted by Gasteiger charge is 2.14. The first-order valence-electron chi connectivity index (χ1n) is 5.72. The Bertz CT molecular complexity index is 523. The van der Waals surface area contributed by atoms with Gasteiger partial charge in [0.25, 0.3) is 0 Å². The Hall–Kier alpha value is -1.25. The Kier molecular flexibility index (Phi) is 4.10. The Labute approximate surface area is 119 Å². The number of rotatable bonds is 4. The highest BCUT2D eigenvalue weighted by molar-refractivity contribution is 14.1. The lowest BCUT2D eigenvalue weighted by atomic mass is 10.1. The molecule has 0 fully saturated rings. The fraction of sp³-hybridized carbons (Fsp3) is 0.455. The second-order valence-electron chi connectivity index (χ2n) is 4.36. The van der Waals surface area contributed by atoms with Crippen LogP contribution in [0, 0.1) is 9.49 Å². The van der Waals surface area contributed by atoms with Gasteiger partial charge in [0.15, 0.2) is 5.82 Å². The molecular weight excluding hydrogens is 343 g/mol. The predicted molar refractivity (Wildman–Crippen MR) is 78.2 cm³/mol. The zero-order valence-electron chi connectivity index (χ0n) is 10.5. The van der Waals surface area contributed by atoms with Crippen LogP contribution in [0.1, 0.15) is 19.5 Å². The van der Waals surface area contributed by atoms with Crippen molar-refractivity contribution in [2.75, 3.05) is 12.4 Å². The summed E-state index contributed by atoms with van der Waals surface area (Å²) >= 11 is 2.28. The zero-order valence-corrected chi connectivity index (χ0v) is 12.7. The maximum Gasteiger partial charge on any atom is 0.184 e. The third-order valence-electron chi connectivity index (χ3n) is 2.40. The minimum atomic E-state index is 0.545. The molecule has 0 amide bonds.